The summed E-state index contributed by atoms with van der Waals surface area (Å²) in [5.74, 6) is 0. The molecule has 2 atom stereocenters. The SMILES string of the molecule is CS(Cl)(Cl)C(c1ccccc1)C(O)c1cccnc1. The molecule has 0 radical (unpaired) electrons. The van der Waals surface area contributed by atoms with Gasteiger partial charge in [-0.3, -0.25) is 4.98 Å². The maximum Gasteiger partial charge on any atom is 0.0971 e. The molecule has 1 aromatic carbocycles. The van der Waals surface area contributed by atoms with E-state index in [0.717, 1.165) is 11.1 Å². The summed E-state index contributed by atoms with van der Waals surface area (Å²) in [6.07, 6.45) is 4.31. The molecule has 0 aliphatic heterocycles. The molecule has 2 unspecified atom stereocenters. The molecule has 0 amide bonds. The van der Waals surface area contributed by atoms with Crippen molar-refractivity contribution in [2.45, 2.75) is 11.4 Å². The van der Waals surface area contributed by atoms with Gasteiger partial charge in [-0.1, -0.05) is 66.2 Å². The van der Waals surface area contributed by atoms with Gasteiger partial charge in [0.2, 0.25) is 0 Å². The quantitative estimate of drug-likeness (QED) is 0.894. The predicted octanol–water partition coefficient (Wildman–Crippen LogP) is 4.60. The van der Waals surface area contributed by atoms with Crippen LogP contribution in [0, 0.1) is 0 Å². The van der Waals surface area contributed by atoms with Crippen molar-refractivity contribution in [3.05, 3.63) is 66.0 Å². The van der Waals surface area contributed by atoms with Gasteiger partial charge in [0.25, 0.3) is 0 Å². The summed E-state index contributed by atoms with van der Waals surface area (Å²) in [5, 5.41) is 10.2. The van der Waals surface area contributed by atoms with Gasteiger partial charge in [-0.05, 0) is 17.9 Å². The molecule has 2 rings (SSSR count). The first kappa shape index (κ1) is 14.7. The molecular weight excluding hydrogens is 301 g/mol. The minimum atomic E-state index is -2.00. The lowest BCUT2D eigenvalue weighted by molar-refractivity contribution is 0.174. The van der Waals surface area contributed by atoms with Gasteiger partial charge >= 0.3 is 0 Å². The molecule has 0 spiro atoms. The highest BCUT2D eigenvalue weighted by atomic mass is 36.0. The van der Waals surface area contributed by atoms with Gasteiger partial charge in [0.05, 0.1) is 11.4 Å². The Morgan fingerprint density at radius 1 is 1.05 bits per heavy atom. The van der Waals surface area contributed by atoms with Crippen molar-refractivity contribution < 1.29 is 5.11 Å². The van der Waals surface area contributed by atoms with Crippen LogP contribution in [0.15, 0.2) is 54.9 Å². The normalized spacial score (nSPS) is 15.8. The summed E-state index contributed by atoms with van der Waals surface area (Å²) < 4.78 is 0. The van der Waals surface area contributed by atoms with E-state index in [0.29, 0.717) is 0 Å². The number of halogens is 2. The van der Waals surface area contributed by atoms with Crippen molar-refractivity contribution in [1.29, 1.82) is 0 Å². The lowest BCUT2D eigenvalue weighted by Crippen LogP contribution is -2.12. The van der Waals surface area contributed by atoms with Crippen molar-refractivity contribution in [1.82, 2.24) is 4.98 Å². The first-order chi connectivity index (χ1) is 9.00. The molecule has 0 bridgehead atoms. The summed E-state index contributed by atoms with van der Waals surface area (Å²) >= 11 is 0. The lowest BCUT2D eigenvalue weighted by Gasteiger charge is -2.34. The first-order valence-corrected chi connectivity index (χ1v) is 9.55. The number of rotatable bonds is 4. The van der Waals surface area contributed by atoms with E-state index < -0.39 is 14.6 Å². The summed E-state index contributed by atoms with van der Waals surface area (Å²) in [4.78, 5) is 4.03. The molecule has 0 aliphatic rings. The van der Waals surface area contributed by atoms with Crippen molar-refractivity contribution in [2.75, 3.05) is 6.26 Å². The van der Waals surface area contributed by atoms with Crippen LogP contribution in [0.4, 0.5) is 0 Å². The van der Waals surface area contributed by atoms with E-state index in [2.05, 4.69) is 4.98 Å². The fraction of sp³-hybridized carbons (Fsp3) is 0.214. The Balaban J connectivity index is 2.40. The van der Waals surface area contributed by atoms with Crippen molar-refractivity contribution >= 4 is 29.8 Å². The Hall–Kier alpha value is -0.740. The van der Waals surface area contributed by atoms with Crippen LogP contribution in [0.1, 0.15) is 22.5 Å². The average Bonchev–Trinajstić information content (AvgIpc) is 2.39. The molecule has 102 valence electrons. The molecule has 0 aliphatic carbocycles. The molecule has 0 saturated carbocycles. The number of benzene rings is 1. The smallest absolute Gasteiger partial charge is 0.0971 e. The van der Waals surface area contributed by atoms with Crippen LogP contribution in [0.3, 0.4) is 0 Å². The minimum absolute atomic E-state index is 0.346. The van der Waals surface area contributed by atoms with Crippen molar-refractivity contribution in [3.63, 3.8) is 0 Å². The Morgan fingerprint density at radius 3 is 2.21 bits per heavy atom. The zero-order chi connectivity index (χ0) is 13.9. The minimum Gasteiger partial charge on any atom is -0.387 e. The average molecular weight is 316 g/mol. The number of hydrogen-bond donors (Lipinski definition) is 1. The van der Waals surface area contributed by atoms with Gasteiger partial charge in [0, 0.05) is 18.0 Å². The van der Waals surface area contributed by atoms with Crippen LogP contribution in [0.25, 0.3) is 0 Å². The van der Waals surface area contributed by atoms with Crippen molar-refractivity contribution in [2.24, 2.45) is 0 Å². The van der Waals surface area contributed by atoms with Crippen LogP contribution in [-0.2, 0) is 0 Å². The van der Waals surface area contributed by atoms with Gasteiger partial charge in [-0.15, -0.1) is 0 Å². The van der Waals surface area contributed by atoms with Gasteiger partial charge in [0.1, 0.15) is 0 Å². The largest absolute Gasteiger partial charge is 0.387 e. The molecule has 1 aromatic heterocycles. The van der Waals surface area contributed by atoms with E-state index in [9.17, 15) is 5.11 Å². The maximum absolute atomic E-state index is 10.6. The first-order valence-electron chi connectivity index (χ1n) is 5.79. The molecule has 2 nitrogen and oxygen atoms in total. The molecule has 5 heteroatoms. The molecular formula is C14H15Cl2NOS. The van der Waals surface area contributed by atoms with Gasteiger partial charge in [0.15, 0.2) is 0 Å². The van der Waals surface area contributed by atoms with Crippen LogP contribution in [-0.4, -0.2) is 16.3 Å². The highest BCUT2D eigenvalue weighted by Gasteiger charge is 2.34. The summed E-state index contributed by atoms with van der Waals surface area (Å²) in [5.41, 5.74) is 1.65. The lowest BCUT2D eigenvalue weighted by atomic mass is 10.0. The monoisotopic (exact) mass is 315 g/mol. The van der Waals surface area contributed by atoms with E-state index in [1.807, 2.05) is 36.4 Å². The highest BCUT2D eigenvalue weighted by Crippen LogP contribution is 2.69. The zero-order valence-corrected chi connectivity index (χ0v) is 12.7. The number of nitrogens with zero attached hydrogens (tertiary/aromatic N) is 1. The number of aromatic nitrogens is 1. The topological polar surface area (TPSA) is 33.1 Å². The number of aliphatic hydroxyl groups excluding tert-OH is 1. The fourth-order valence-electron chi connectivity index (χ4n) is 2.02. The van der Waals surface area contributed by atoms with E-state index in [-0.39, 0.29) is 5.25 Å². The second-order valence-electron chi connectivity index (χ2n) is 4.34. The second-order valence-corrected chi connectivity index (χ2v) is 10.7. The third kappa shape index (κ3) is 3.63. The molecule has 1 heterocycles. The Bertz CT molecular complexity index is 516. The third-order valence-electron chi connectivity index (χ3n) is 2.89. The molecule has 1 N–H and O–H groups in total. The van der Waals surface area contributed by atoms with E-state index in [4.69, 9.17) is 21.4 Å². The van der Waals surface area contributed by atoms with Crippen LogP contribution in [0.5, 0.6) is 0 Å². The molecule has 0 fully saturated rings. The third-order valence-corrected chi connectivity index (χ3v) is 5.46. The standard InChI is InChI=1S/C14H15Cl2NOS/c1-19(15,16)14(11-6-3-2-4-7-11)13(18)12-8-5-9-17-10-12/h2-10,13-14,18H,1H3. The Labute approximate surface area is 123 Å². The number of pyridine rings is 1. The number of hydrogen-bond acceptors (Lipinski definition) is 2. The van der Waals surface area contributed by atoms with E-state index >= 15 is 0 Å². The second kappa shape index (κ2) is 6.14. The van der Waals surface area contributed by atoms with E-state index in [1.165, 1.54) is 0 Å². The predicted molar refractivity (Wildman–Crippen MR) is 83.6 cm³/mol. The van der Waals surface area contributed by atoms with Crippen LogP contribution >= 0.6 is 29.8 Å². The number of aliphatic hydroxyl groups is 1. The summed E-state index contributed by atoms with van der Waals surface area (Å²) in [6, 6.07) is 13.2. The zero-order valence-electron chi connectivity index (χ0n) is 10.4. The van der Waals surface area contributed by atoms with Gasteiger partial charge in [-0.25, -0.2) is 0 Å². The Kier molecular flexibility index (Phi) is 4.74. The van der Waals surface area contributed by atoms with Crippen LogP contribution in [0.2, 0.25) is 0 Å². The summed E-state index contributed by atoms with van der Waals surface area (Å²) in [7, 11) is 10.7. The highest BCUT2D eigenvalue weighted by molar-refractivity contribution is 8.65. The molecule has 2 aromatic rings. The van der Waals surface area contributed by atoms with Gasteiger partial charge in [-0.2, -0.15) is 0 Å². The van der Waals surface area contributed by atoms with E-state index in [1.54, 1.807) is 24.7 Å². The molecule has 19 heavy (non-hydrogen) atoms. The Morgan fingerprint density at radius 2 is 1.68 bits per heavy atom. The summed E-state index contributed by atoms with van der Waals surface area (Å²) in [6.45, 7) is 0. The van der Waals surface area contributed by atoms with Gasteiger partial charge < -0.3 is 5.11 Å². The fourth-order valence-corrected chi connectivity index (χ4v) is 4.46. The maximum atomic E-state index is 10.6. The van der Waals surface area contributed by atoms with Crippen molar-refractivity contribution in [3.8, 4) is 0 Å². The molecule has 0 saturated heterocycles. The van der Waals surface area contributed by atoms with Crippen LogP contribution < -0.4 is 0 Å².